The summed E-state index contributed by atoms with van der Waals surface area (Å²) in [6, 6.07) is 4.55. The van der Waals surface area contributed by atoms with Crippen LogP contribution in [-0.2, 0) is 0 Å². The van der Waals surface area contributed by atoms with E-state index in [1.165, 1.54) is 12.1 Å². The van der Waals surface area contributed by atoms with Crippen LogP contribution in [0.5, 0.6) is 5.75 Å². The Balaban J connectivity index is 2.78. The Kier molecular flexibility index (Phi) is 5.65. The quantitative estimate of drug-likeness (QED) is 0.867. The van der Waals surface area contributed by atoms with Crippen molar-refractivity contribution in [2.45, 2.75) is 19.4 Å². The minimum atomic E-state index is -0.286. The highest BCUT2D eigenvalue weighted by Gasteiger charge is 2.15. The fourth-order valence-corrected chi connectivity index (χ4v) is 2.31. The highest BCUT2D eigenvalue weighted by Crippen LogP contribution is 2.21. The van der Waals surface area contributed by atoms with Gasteiger partial charge >= 0.3 is 0 Å². The predicted molar refractivity (Wildman–Crippen MR) is 73.0 cm³/mol. The average molecular weight is 274 g/mol. The standard InChI is InChI=1S/C12H16ClNO2S/c1-3-9(7-17-2)14-12(16)10-6-8(13)4-5-11(10)15/h4-6,9,15H,3,7H2,1-2H3,(H,14,16). The average Bonchev–Trinajstić information content (AvgIpc) is 2.31. The second-order valence-corrected chi connectivity index (χ2v) is 5.04. The van der Waals surface area contributed by atoms with Gasteiger partial charge in [-0.05, 0) is 30.9 Å². The summed E-state index contributed by atoms with van der Waals surface area (Å²) < 4.78 is 0. The van der Waals surface area contributed by atoms with Crippen molar-refractivity contribution in [2.24, 2.45) is 0 Å². The summed E-state index contributed by atoms with van der Waals surface area (Å²) in [4.78, 5) is 11.9. The summed E-state index contributed by atoms with van der Waals surface area (Å²) in [6.07, 6.45) is 2.85. The number of aromatic hydroxyl groups is 1. The van der Waals surface area contributed by atoms with Gasteiger partial charge in [0.15, 0.2) is 0 Å². The molecule has 1 rings (SSSR count). The van der Waals surface area contributed by atoms with Gasteiger partial charge in [-0.3, -0.25) is 4.79 Å². The number of hydrogen-bond acceptors (Lipinski definition) is 3. The van der Waals surface area contributed by atoms with Crippen molar-refractivity contribution in [3.8, 4) is 5.75 Å². The Hall–Kier alpha value is -0.870. The van der Waals surface area contributed by atoms with Crippen molar-refractivity contribution in [3.63, 3.8) is 0 Å². The Bertz CT molecular complexity index is 398. The third-order valence-electron chi connectivity index (χ3n) is 2.40. The molecule has 1 aromatic rings. The lowest BCUT2D eigenvalue weighted by molar-refractivity contribution is 0.0937. The molecule has 3 nitrogen and oxygen atoms in total. The van der Waals surface area contributed by atoms with E-state index in [4.69, 9.17) is 11.6 Å². The molecular formula is C12H16ClNO2S. The van der Waals surface area contributed by atoms with Crippen LogP contribution in [0.15, 0.2) is 18.2 Å². The number of carbonyl (C=O) groups excluding carboxylic acids is 1. The molecule has 0 aliphatic carbocycles. The van der Waals surface area contributed by atoms with E-state index < -0.39 is 0 Å². The Morgan fingerprint density at radius 2 is 2.29 bits per heavy atom. The number of phenols is 1. The van der Waals surface area contributed by atoms with E-state index in [2.05, 4.69) is 5.32 Å². The molecule has 17 heavy (non-hydrogen) atoms. The second kappa shape index (κ2) is 6.77. The number of phenolic OH excluding ortho intramolecular Hbond substituents is 1. The molecule has 0 aliphatic heterocycles. The summed E-state index contributed by atoms with van der Waals surface area (Å²) in [6.45, 7) is 2.01. The van der Waals surface area contributed by atoms with Crippen LogP contribution in [0.4, 0.5) is 0 Å². The lowest BCUT2D eigenvalue weighted by Crippen LogP contribution is -2.36. The molecule has 0 bridgehead atoms. The minimum Gasteiger partial charge on any atom is -0.507 e. The van der Waals surface area contributed by atoms with Crippen LogP contribution in [0, 0.1) is 0 Å². The first-order chi connectivity index (χ1) is 8.08. The Labute approximate surface area is 111 Å². The normalized spacial score (nSPS) is 12.2. The molecule has 0 aromatic heterocycles. The maximum absolute atomic E-state index is 11.9. The van der Waals surface area contributed by atoms with Crippen LogP contribution in [0.3, 0.4) is 0 Å². The molecule has 0 spiro atoms. The molecule has 0 fully saturated rings. The molecule has 1 atom stereocenters. The van der Waals surface area contributed by atoms with Gasteiger partial charge in [-0.25, -0.2) is 0 Å². The van der Waals surface area contributed by atoms with Gasteiger partial charge in [-0.1, -0.05) is 18.5 Å². The highest BCUT2D eigenvalue weighted by molar-refractivity contribution is 7.98. The monoisotopic (exact) mass is 273 g/mol. The van der Waals surface area contributed by atoms with Crippen LogP contribution in [0.2, 0.25) is 5.02 Å². The molecular weight excluding hydrogens is 258 g/mol. The van der Waals surface area contributed by atoms with Crippen molar-refractivity contribution in [2.75, 3.05) is 12.0 Å². The topological polar surface area (TPSA) is 49.3 Å². The first-order valence-corrected chi connectivity index (χ1v) is 7.14. The number of thioether (sulfide) groups is 1. The molecule has 1 aromatic carbocycles. The number of halogens is 1. The van der Waals surface area contributed by atoms with Crippen molar-refractivity contribution in [1.29, 1.82) is 0 Å². The summed E-state index contributed by atoms with van der Waals surface area (Å²) >= 11 is 7.47. The van der Waals surface area contributed by atoms with Crippen LogP contribution in [0.1, 0.15) is 23.7 Å². The number of nitrogens with one attached hydrogen (secondary N) is 1. The zero-order valence-electron chi connectivity index (χ0n) is 9.87. The Morgan fingerprint density at radius 1 is 1.59 bits per heavy atom. The predicted octanol–water partition coefficient (Wildman–Crippen LogP) is 2.92. The zero-order chi connectivity index (χ0) is 12.8. The number of carbonyl (C=O) groups is 1. The number of rotatable bonds is 5. The Morgan fingerprint density at radius 3 is 2.88 bits per heavy atom. The summed E-state index contributed by atoms with van der Waals surface area (Å²) in [7, 11) is 0. The molecule has 0 radical (unpaired) electrons. The van der Waals surface area contributed by atoms with E-state index in [-0.39, 0.29) is 23.3 Å². The van der Waals surface area contributed by atoms with Crippen LogP contribution in [0.25, 0.3) is 0 Å². The highest BCUT2D eigenvalue weighted by atomic mass is 35.5. The van der Waals surface area contributed by atoms with Gasteiger partial charge in [0.2, 0.25) is 0 Å². The summed E-state index contributed by atoms with van der Waals surface area (Å²) in [5, 5.41) is 12.9. The van der Waals surface area contributed by atoms with Crippen molar-refractivity contribution >= 4 is 29.3 Å². The molecule has 0 heterocycles. The van der Waals surface area contributed by atoms with Crippen molar-refractivity contribution < 1.29 is 9.90 Å². The molecule has 2 N–H and O–H groups in total. The fourth-order valence-electron chi connectivity index (χ4n) is 1.42. The van der Waals surface area contributed by atoms with Gasteiger partial charge in [0.1, 0.15) is 5.75 Å². The molecule has 0 saturated carbocycles. The lowest BCUT2D eigenvalue weighted by Gasteiger charge is -2.16. The summed E-state index contributed by atoms with van der Waals surface area (Å²) in [5.74, 6) is 0.514. The molecule has 94 valence electrons. The third kappa shape index (κ3) is 4.13. The first kappa shape index (κ1) is 14.2. The van der Waals surface area contributed by atoms with Crippen molar-refractivity contribution in [1.82, 2.24) is 5.32 Å². The van der Waals surface area contributed by atoms with Crippen LogP contribution >= 0.6 is 23.4 Å². The van der Waals surface area contributed by atoms with Gasteiger partial charge in [-0.2, -0.15) is 11.8 Å². The zero-order valence-corrected chi connectivity index (χ0v) is 11.4. The fraction of sp³-hybridized carbons (Fsp3) is 0.417. The van der Waals surface area contributed by atoms with E-state index in [1.807, 2.05) is 13.2 Å². The van der Waals surface area contributed by atoms with Gasteiger partial charge in [0.25, 0.3) is 5.91 Å². The summed E-state index contributed by atoms with van der Waals surface area (Å²) in [5.41, 5.74) is 0.219. The van der Waals surface area contributed by atoms with Gasteiger partial charge in [-0.15, -0.1) is 0 Å². The van der Waals surface area contributed by atoms with E-state index in [0.717, 1.165) is 12.2 Å². The third-order valence-corrected chi connectivity index (χ3v) is 3.37. The maximum atomic E-state index is 11.9. The molecule has 0 saturated heterocycles. The number of amides is 1. The van der Waals surface area contributed by atoms with E-state index in [0.29, 0.717) is 5.02 Å². The van der Waals surface area contributed by atoms with E-state index in [1.54, 1.807) is 17.8 Å². The number of hydrogen-bond donors (Lipinski definition) is 2. The first-order valence-electron chi connectivity index (χ1n) is 5.36. The molecule has 1 amide bonds. The molecule has 1 unspecified atom stereocenters. The molecule has 5 heteroatoms. The minimum absolute atomic E-state index is 0.0501. The lowest BCUT2D eigenvalue weighted by atomic mass is 10.1. The van der Waals surface area contributed by atoms with Gasteiger partial charge in [0.05, 0.1) is 5.56 Å². The van der Waals surface area contributed by atoms with Crippen LogP contribution in [-0.4, -0.2) is 29.1 Å². The van der Waals surface area contributed by atoms with Gasteiger partial charge < -0.3 is 10.4 Å². The van der Waals surface area contributed by atoms with E-state index >= 15 is 0 Å². The van der Waals surface area contributed by atoms with Gasteiger partial charge in [0, 0.05) is 16.8 Å². The molecule has 0 aliphatic rings. The van der Waals surface area contributed by atoms with Crippen LogP contribution < -0.4 is 5.32 Å². The maximum Gasteiger partial charge on any atom is 0.255 e. The van der Waals surface area contributed by atoms with Crippen molar-refractivity contribution in [3.05, 3.63) is 28.8 Å². The second-order valence-electron chi connectivity index (χ2n) is 3.70. The van der Waals surface area contributed by atoms with E-state index in [9.17, 15) is 9.90 Å². The largest absolute Gasteiger partial charge is 0.507 e. The SMILES string of the molecule is CCC(CSC)NC(=O)c1cc(Cl)ccc1O. The number of benzene rings is 1. The smallest absolute Gasteiger partial charge is 0.255 e.